The van der Waals surface area contributed by atoms with Crippen LogP contribution in [0.3, 0.4) is 0 Å². The summed E-state index contributed by atoms with van der Waals surface area (Å²) in [4.78, 5) is 0.142. The minimum absolute atomic E-state index is 0.0538. The van der Waals surface area contributed by atoms with E-state index in [9.17, 15) is 8.42 Å². The number of hydrogen-bond donors (Lipinski definition) is 0. The molecule has 1 aromatic carbocycles. The predicted octanol–water partition coefficient (Wildman–Crippen LogP) is 3.42. The fraction of sp³-hybridized carbons (Fsp3) is 0.600. The first-order chi connectivity index (χ1) is 10.4. The van der Waals surface area contributed by atoms with Crippen molar-refractivity contribution >= 4 is 26.0 Å². The summed E-state index contributed by atoms with van der Waals surface area (Å²) in [6.45, 7) is 0. The van der Waals surface area contributed by atoms with Gasteiger partial charge in [-0.25, -0.2) is 8.42 Å². The van der Waals surface area contributed by atoms with Gasteiger partial charge in [0, 0.05) is 19.2 Å². The first-order valence-electron chi connectivity index (χ1n) is 7.31. The Bertz CT molecular complexity index is 627. The van der Waals surface area contributed by atoms with E-state index >= 15 is 0 Å². The van der Waals surface area contributed by atoms with Crippen LogP contribution in [-0.4, -0.2) is 40.0 Å². The molecule has 0 amide bonds. The maximum atomic E-state index is 13.0. The second-order valence-corrected chi connectivity index (χ2v) is 8.27. The minimum Gasteiger partial charge on any atom is -0.496 e. The third-order valence-corrected chi connectivity index (χ3v) is 6.73. The smallest absolute Gasteiger partial charge is 0.246 e. The Morgan fingerprint density at radius 3 is 2.23 bits per heavy atom. The van der Waals surface area contributed by atoms with Gasteiger partial charge in [-0.1, -0.05) is 19.3 Å². The zero-order chi connectivity index (χ0) is 16.3. The van der Waals surface area contributed by atoms with Crippen LogP contribution < -0.4 is 9.47 Å². The average molecular weight is 392 g/mol. The Morgan fingerprint density at radius 2 is 1.68 bits per heavy atom. The molecular weight excluding hydrogens is 370 g/mol. The van der Waals surface area contributed by atoms with Crippen LogP contribution in [0.4, 0.5) is 0 Å². The van der Waals surface area contributed by atoms with Crippen molar-refractivity contribution in [3.8, 4) is 11.5 Å². The predicted molar refractivity (Wildman–Crippen MR) is 89.1 cm³/mol. The molecule has 0 saturated heterocycles. The molecular formula is C15H22BrNO4S. The van der Waals surface area contributed by atoms with Crippen molar-refractivity contribution in [2.45, 2.75) is 43.0 Å². The molecule has 2 rings (SSSR count). The van der Waals surface area contributed by atoms with Crippen molar-refractivity contribution in [3.05, 3.63) is 16.6 Å². The van der Waals surface area contributed by atoms with Gasteiger partial charge in [-0.3, -0.25) is 0 Å². The Hall–Kier alpha value is -0.790. The molecule has 0 spiro atoms. The first kappa shape index (κ1) is 17.6. The number of rotatable bonds is 5. The lowest BCUT2D eigenvalue weighted by molar-refractivity contribution is 0.284. The molecule has 1 aromatic rings. The number of hydrogen-bond acceptors (Lipinski definition) is 4. The summed E-state index contributed by atoms with van der Waals surface area (Å²) in [7, 11) is 1.00. The van der Waals surface area contributed by atoms with Gasteiger partial charge >= 0.3 is 0 Å². The lowest BCUT2D eigenvalue weighted by Gasteiger charge is -2.30. The lowest BCUT2D eigenvalue weighted by atomic mass is 9.96. The van der Waals surface area contributed by atoms with Crippen LogP contribution in [-0.2, 0) is 10.0 Å². The molecule has 0 atom stereocenters. The Morgan fingerprint density at radius 1 is 1.09 bits per heavy atom. The molecule has 0 radical (unpaired) electrons. The van der Waals surface area contributed by atoms with Gasteiger partial charge in [0.2, 0.25) is 10.0 Å². The summed E-state index contributed by atoms with van der Waals surface area (Å²) < 4.78 is 38.6. The maximum absolute atomic E-state index is 13.0. The van der Waals surface area contributed by atoms with E-state index in [1.165, 1.54) is 31.0 Å². The molecule has 0 aliphatic heterocycles. The number of methoxy groups -OCH3 is 2. The average Bonchev–Trinajstić information content (AvgIpc) is 2.54. The summed E-state index contributed by atoms with van der Waals surface area (Å²) in [5.74, 6) is 0.784. The van der Waals surface area contributed by atoms with E-state index in [0.717, 1.165) is 25.7 Å². The zero-order valence-corrected chi connectivity index (χ0v) is 15.5. The van der Waals surface area contributed by atoms with E-state index in [4.69, 9.17) is 9.47 Å². The van der Waals surface area contributed by atoms with Crippen molar-refractivity contribution in [3.63, 3.8) is 0 Å². The third-order valence-electron chi connectivity index (χ3n) is 4.18. The van der Waals surface area contributed by atoms with Gasteiger partial charge in [0.05, 0.1) is 18.7 Å². The highest BCUT2D eigenvalue weighted by Gasteiger charge is 2.32. The van der Waals surface area contributed by atoms with Crippen LogP contribution in [0.25, 0.3) is 0 Å². The van der Waals surface area contributed by atoms with Crippen LogP contribution in [0.2, 0.25) is 0 Å². The van der Waals surface area contributed by atoms with Crippen LogP contribution in [0, 0.1) is 0 Å². The Labute approximate surface area is 140 Å². The molecule has 1 saturated carbocycles. The quantitative estimate of drug-likeness (QED) is 0.771. The van der Waals surface area contributed by atoms with Crippen molar-refractivity contribution in [2.24, 2.45) is 0 Å². The molecule has 1 aliphatic carbocycles. The Kier molecular flexibility index (Phi) is 5.74. The van der Waals surface area contributed by atoms with E-state index in [0.29, 0.717) is 16.0 Å². The zero-order valence-electron chi connectivity index (χ0n) is 13.1. The van der Waals surface area contributed by atoms with Crippen LogP contribution in [0.1, 0.15) is 32.1 Å². The summed E-state index contributed by atoms with van der Waals surface area (Å²) in [5.41, 5.74) is 0. The summed E-state index contributed by atoms with van der Waals surface area (Å²) in [6.07, 6.45) is 5.15. The van der Waals surface area contributed by atoms with Gasteiger partial charge in [-0.15, -0.1) is 0 Å². The third kappa shape index (κ3) is 3.41. The fourth-order valence-corrected chi connectivity index (χ4v) is 4.88. The molecule has 5 nitrogen and oxygen atoms in total. The summed E-state index contributed by atoms with van der Waals surface area (Å²) >= 11 is 3.35. The molecule has 0 unspecified atom stereocenters. The largest absolute Gasteiger partial charge is 0.496 e. The van der Waals surface area contributed by atoms with Crippen molar-refractivity contribution in [1.82, 2.24) is 4.31 Å². The van der Waals surface area contributed by atoms with Gasteiger partial charge < -0.3 is 9.47 Å². The first-order valence-corrected chi connectivity index (χ1v) is 9.54. The number of ether oxygens (including phenoxy) is 2. The number of halogens is 1. The van der Waals surface area contributed by atoms with Crippen molar-refractivity contribution < 1.29 is 17.9 Å². The van der Waals surface area contributed by atoms with E-state index in [2.05, 4.69) is 15.9 Å². The highest BCUT2D eigenvalue weighted by Crippen LogP contribution is 2.37. The molecule has 1 fully saturated rings. The maximum Gasteiger partial charge on any atom is 0.246 e. The number of nitrogens with zero attached hydrogens (tertiary/aromatic N) is 1. The second kappa shape index (κ2) is 7.19. The topological polar surface area (TPSA) is 55.8 Å². The molecule has 0 bridgehead atoms. The van der Waals surface area contributed by atoms with E-state index < -0.39 is 10.0 Å². The molecule has 124 valence electrons. The van der Waals surface area contributed by atoms with Gasteiger partial charge in [-0.05, 0) is 34.8 Å². The summed E-state index contributed by atoms with van der Waals surface area (Å²) in [5, 5.41) is 0. The minimum atomic E-state index is -3.62. The number of sulfonamides is 1. The normalized spacial score (nSPS) is 16.8. The second-order valence-electron chi connectivity index (χ2n) is 5.45. The molecule has 1 aliphatic rings. The van der Waals surface area contributed by atoms with Gasteiger partial charge in [-0.2, -0.15) is 4.31 Å². The van der Waals surface area contributed by atoms with Crippen LogP contribution >= 0.6 is 15.9 Å². The van der Waals surface area contributed by atoms with Gasteiger partial charge in [0.1, 0.15) is 16.4 Å². The monoisotopic (exact) mass is 391 g/mol. The number of benzene rings is 1. The Balaban J connectivity index is 2.43. The van der Waals surface area contributed by atoms with Gasteiger partial charge in [0.15, 0.2) is 0 Å². The summed E-state index contributed by atoms with van der Waals surface area (Å²) in [6, 6.07) is 3.19. The molecule has 0 aromatic heterocycles. The standard InChI is InChI=1S/C15H22BrNO4S/c1-17(11-7-5-4-6-8-11)22(18,19)15-10-13(20-2)12(16)9-14(15)21-3/h9-11H,4-8H2,1-3H3. The fourth-order valence-electron chi connectivity index (χ4n) is 2.83. The van der Waals surface area contributed by atoms with Crippen LogP contribution in [0.5, 0.6) is 11.5 Å². The lowest BCUT2D eigenvalue weighted by Crippen LogP contribution is -2.38. The van der Waals surface area contributed by atoms with Crippen molar-refractivity contribution in [2.75, 3.05) is 21.3 Å². The SMILES string of the molecule is COc1cc(S(=O)(=O)N(C)C2CCCCC2)c(OC)cc1Br. The molecule has 0 heterocycles. The molecule has 22 heavy (non-hydrogen) atoms. The van der Waals surface area contributed by atoms with E-state index in [1.54, 1.807) is 13.1 Å². The van der Waals surface area contributed by atoms with Crippen molar-refractivity contribution in [1.29, 1.82) is 0 Å². The van der Waals surface area contributed by atoms with Gasteiger partial charge in [0.25, 0.3) is 0 Å². The molecule has 7 heteroatoms. The highest BCUT2D eigenvalue weighted by atomic mass is 79.9. The van der Waals surface area contributed by atoms with Crippen LogP contribution in [0.15, 0.2) is 21.5 Å². The van der Waals surface area contributed by atoms with E-state index in [-0.39, 0.29) is 10.9 Å². The van der Waals surface area contributed by atoms with E-state index in [1.807, 2.05) is 0 Å². The molecule has 0 N–H and O–H groups in total. The highest BCUT2D eigenvalue weighted by molar-refractivity contribution is 9.10.